The number of aliphatic imine (C=N–C) groups is 1. The number of amides is 1. The molecule has 2 rings (SSSR count). The first kappa shape index (κ1) is 15.4. The molecular weight excluding hydrogens is 266 g/mol. The Labute approximate surface area is 118 Å². The summed E-state index contributed by atoms with van der Waals surface area (Å²) in [6.45, 7) is 4.42. The molecule has 0 spiro atoms. The number of hydrogen-bond acceptors (Lipinski definition) is 4. The average Bonchev–Trinajstić information content (AvgIpc) is 2.39. The van der Waals surface area contributed by atoms with E-state index in [4.69, 9.17) is 0 Å². The highest BCUT2D eigenvalue weighted by Gasteiger charge is 2.24. The number of aromatic hydroxyl groups is 1. The third-order valence-electron chi connectivity index (χ3n) is 3.02. The standard InChI is InChI=1S/C13H17N3O2.ClH/c1-3-10-12(17)11-8(6-15-10)5-9(7-16-11)13(18)14-4-2;/h6-7,9,17H,3-5H2,1-2H3,(H,14,18);1H. The van der Waals surface area contributed by atoms with Gasteiger partial charge >= 0.3 is 0 Å². The first-order chi connectivity index (χ1) is 8.67. The van der Waals surface area contributed by atoms with Crippen LogP contribution in [0.4, 0.5) is 5.69 Å². The lowest BCUT2D eigenvalue weighted by Crippen LogP contribution is -2.33. The molecule has 6 heteroatoms. The van der Waals surface area contributed by atoms with Gasteiger partial charge in [0.25, 0.3) is 0 Å². The van der Waals surface area contributed by atoms with Gasteiger partial charge in [0.2, 0.25) is 5.91 Å². The second-order valence-corrected chi connectivity index (χ2v) is 4.26. The van der Waals surface area contributed by atoms with Gasteiger partial charge in [0.05, 0.1) is 11.6 Å². The molecule has 0 fully saturated rings. The number of nitrogens with one attached hydrogen (secondary N) is 1. The molecule has 0 radical (unpaired) electrons. The van der Waals surface area contributed by atoms with Crippen LogP contribution in [0.3, 0.4) is 0 Å². The van der Waals surface area contributed by atoms with Crippen molar-refractivity contribution in [1.82, 2.24) is 10.3 Å². The van der Waals surface area contributed by atoms with Crippen molar-refractivity contribution in [2.75, 3.05) is 6.54 Å². The summed E-state index contributed by atoms with van der Waals surface area (Å²) in [6, 6.07) is 0. The topological polar surface area (TPSA) is 74.6 Å². The van der Waals surface area contributed by atoms with Gasteiger partial charge in [0.15, 0.2) is 5.75 Å². The zero-order valence-electron chi connectivity index (χ0n) is 11.0. The van der Waals surface area contributed by atoms with Crippen LogP contribution in [0.1, 0.15) is 25.1 Å². The van der Waals surface area contributed by atoms with Crippen molar-refractivity contribution >= 4 is 30.2 Å². The monoisotopic (exact) mass is 283 g/mol. The van der Waals surface area contributed by atoms with E-state index < -0.39 is 0 Å². The maximum Gasteiger partial charge on any atom is 0.228 e. The maximum absolute atomic E-state index is 11.7. The first-order valence-corrected chi connectivity index (χ1v) is 6.19. The van der Waals surface area contributed by atoms with Crippen LogP contribution in [0.25, 0.3) is 0 Å². The minimum absolute atomic E-state index is 0. The Morgan fingerprint density at radius 3 is 2.89 bits per heavy atom. The third-order valence-corrected chi connectivity index (χ3v) is 3.02. The molecule has 1 aromatic heterocycles. The van der Waals surface area contributed by atoms with E-state index in [9.17, 15) is 9.90 Å². The fourth-order valence-corrected chi connectivity index (χ4v) is 2.04. The van der Waals surface area contributed by atoms with Gasteiger partial charge in [0, 0.05) is 24.5 Å². The minimum Gasteiger partial charge on any atom is -0.504 e. The van der Waals surface area contributed by atoms with Gasteiger partial charge in [-0.15, -0.1) is 12.4 Å². The van der Waals surface area contributed by atoms with Crippen molar-refractivity contribution in [2.45, 2.75) is 26.7 Å². The van der Waals surface area contributed by atoms with Crippen molar-refractivity contribution in [3.05, 3.63) is 17.5 Å². The van der Waals surface area contributed by atoms with E-state index in [1.54, 1.807) is 12.4 Å². The van der Waals surface area contributed by atoms with E-state index in [1.165, 1.54) is 0 Å². The smallest absolute Gasteiger partial charge is 0.228 e. The Morgan fingerprint density at radius 1 is 1.53 bits per heavy atom. The molecule has 1 amide bonds. The zero-order chi connectivity index (χ0) is 13.1. The normalized spacial score (nSPS) is 16.4. The number of nitrogens with zero attached hydrogens (tertiary/aromatic N) is 2. The predicted molar refractivity (Wildman–Crippen MR) is 76.6 cm³/mol. The van der Waals surface area contributed by atoms with Crippen molar-refractivity contribution in [1.29, 1.82) is 0 Å². The molecule has 1 aromatic rings. The highest BCUT2D eigenvalue weighted by molar-refractivity contribution is 5.96. The number of halogens is 1. The van der Waals surface area contributed by atoms with Gasteiger partial charge in [-0.1, -0.05) is 6.92 Å². The second-order valence-electron chi connectivity index (χ2n) is 4.26. The molecule has 0 bridgehead atoms. The summed E-state index contributed by atoms with van der Waals surface area (Å²) in [5, 5.41) is 12.8. The van der Waals surface area contributed by atoms with Crippen LogP contribution in [0.2, 0.25) is 0 Å². The van der Waals surface area contributed by atoms with E-state index in [0.29, 0.717) is 30.8 Å². The molecule has 2 heterocycles. The molecule has 5 nitrogen and oxygen atoms in total. The minimum atomic E-state index is -0.272. The number of carbonyl (C=O) groups excluding carboxylic acids is 1. The van der Waals surface area contributed by atoms with Crippen LogP contribution < -0.4 is 5.32 Å². The summed E-state index contributed by atoms with van der Waals surface area (Å²) in [6.07, 6.45) is 4.51. The molecule has 104 valence electrons. The zero-order valence-corrected chi connectivity index (χ0v) is 11.8. The van der Waals surface area contributed by atoms with E-state index in [-0.39, 0.29) is 30.0 Å². The molecule has 1 atom stereocenters. The van der Waals surface area contributed by atoms with Crippen molar-refractivity contribution in [3.63, 3.8) is 0 Å². The molecule has 19 heavy (non-hydrogen) atoms. The summed E-state index contributed by atoms with van der Waals surface area (Å²) >= 11 is 0. The van der Waals surface area contributed by atoms with Gasteiger partial charge in [-0.25, -0.2) is 0 Å². The predicted octanol–water partition coefficient (Wildman–Crippen LogP) is 1.78. The fraction of sp³-hybridized carbons (Fsp3) is 0.462. The second kappa shape index (κ2) is 6.52. The number of carbonyl (C=O) groups is 1. The first-order valence-electron chi connectivity index (χ1n) is 6.19. The Hall–Kier alpha value is -1.62. The molecular formula is C13H18ClN3O2. The SMILES string of the molecule is CCNC(=O)C1C=Nc2c(cnc(CC)c2O)C1.Cl. The number of hydrogen-bond donors (Lipinski definition) is 2. The molecule has 0 saturated heterocycles. The molecule has 1 aliphatic rings. The van der Waals surface area contributed by atoms with Crippen LogP contribution in [0.15, 0.2) is 11.2 Å². The largest absolute Gasteiger partial charge is 0.504 e. The summed E-state index contributed by atoms with van der Waals surface area (Å²) < 4.78 is 0. The van der Waals surface area contributed by atoms with E-state index >= 15 is 0 Å². The van der Waals surface area contributed by atoms with Gasteiger partial charge in [0.1, 0.15) is 5.69 Å². The summed E-state index contributed by atoms with van der Waals surface area (Å²) in [7, 11) is 0. The third kappa shape index (κ3) is 3.04. The Bertz CT molecular complexity index is 503. The van der Waals surface area contributed by atoms with Crippen LogP contribution in [-0.2, 0) is 17.6 Å². The lowest BCUT2D eigenvalue weighted by atomic mass is 9.96. The highest BCUT2D eigenvalue weighted by Crippen LogP contribution is 2.36. The van der Waals surface area contributed by atoms with Gasteiger partial charge < -0.3 is 10.4 Å². The number of aromatic nitrogens is 1. The summed E-state index contributed by atoms with van der Waals surface area (Å²) in [5.41, 5.74) is 2.02. The van der Waals surface area contributed by atoms with E-state index in [0.717, 1.165) is 5.56 Å². The van der Waals surface area contributed by atoms with Crippen molar-refractivity contribution in [2.24, 2.45) is 10.9 Å². The molecule has 1 unspecified atom stereocenters. The number of pyridine rings is 1. The lowest BCUT2D eigenvalue weighted by molar-refractivity contribution is -0.122. The van der Waals surface area contributed by atoms with Crippen LogP contribution in [0, 0.1) is 5.92 Å². The number of rotatable bonds is 3. The Morgan fingerprint density at radius 2 is 2.26 bits per heavy atom. The van der Waals surface area contributed by atoms with E-state index in [2.05, 4.69) is 15.3 Å². The van der Waals surface area contributed by atoms with Crippen molar-refractivity contribution in [3.8, 4) is 5.75 Å². The summed E-state index contributed by atoms with van der Waals surface area (Å²) in [4.78, 5) is 20.1. The number of fused-ring (bicyclic) bond motifs is 1. The van der Waals surface area contributed by atoms with Crippen LogP contribution in [-0.4, -0.2) is 28.8 Å². The average molecular weight is 284 g/mol. The molecule has 0 saturated carbocycles. The number of aryl methyl sites for hydroxylation is 1. The summed E-state index contributed by atoms with van der Waals surface area (Å²) in [5.74, 6) is -0.169. The Kier molecular flexibility index (Phi) is 5.30. The van der Waals surface area contributed by atoms with Crippen LogP contribution >= 0.6 is 12.4 Å². The van der Waals surface area contributed by atoms with Crippen LogP contribution in [0.5, 0.6) is 5.75 Å². The molecule has 2 N–H and O–H groups in total. The quantitative estimate of drug-likeness (QED) is 0.888. The molecule has 1 aliphatic heterocycles. The molecule has 0 aromatic carbocycles. The molecule has 0 aliphatic carbocycles. The van der Waals surface area contributed by atoms with Crippen molar-refractivity contribution < 1.29 is 9.90 Å². The van der Waals surface area contributed by atoms with Gasteiger partial charge in [-0.2, -0.15) is 0 Å². The maximum atomic E-state index is 11.7. The Balaban J connectivity index is 0.00000180. The van der Waals surface area contributed by atoms with E-state index in [1.807, 2.05) is 13.8 Å². The lowest BCUT2D eigenvalue weighted by Gasteiger charge is -2.19. The highest BCUT2D eigenvalue weighted by atomic mass is 35.5. The van der Waals surface area contributed by atoms with Gasteiger partial charge in [-0.3, -0.25) is 14.8 Å². The fourth-order valence-electron chi connectivity index (χ4n) is 2.04. The van der Waals surface area contributed by atoms with Gasteiger partial charge in [-0.05, 0) is 19.8 Å².